The molecule has 3 saturated heterocycles. The van der Waals surface area contributed by atoms with Gasteiger partial charge >= 0.3 is 0 Å². The van der Waals surface area contributed by atoms with E-state index in [0.717, 1.165) is 30.8 Å². The number of phenolic OH excluding ortho intramolecular Hbond substituents is 1. The number of ether oxygens (including phenoxy) is 1. The molecule has 9 rings (SSSR count). The van der Waals surface area contributed by atoms with E-state index in [1.807, 2.05) is 67.6 Å². The summed E-state index contributed by atoms with van der Waals surface area (Å²) in [5.41, 5.74) is 2.83. The Morgan fingerprint density at radius 2 is 1.42 bits per heavy atom. The fraction of sp³-hybridized carbons (Fsp3) is 0.348. The number of allylic oxidation sites excluding steroid dienone is 2. The second kappa shape index (κ2) is 13.9. The van der Waals surface area contributed by atoms with Crippen molar-refractivity contribution in [3.63, 3.8) is 0 Å². The average Bonchev–Trinajstić information content (AvgIpc) is 3.58. The largest absolute Gasteiger partial charge is 0.508 e. The minimum atomic E-state index is -1.25. The minimum absolute atomic E-state index is 0.0460. The van der Waals surface area contributed by atoms with E-state index < -0.39 is 35.0 Å². The maximum atomic E-state index is 14.8. The van der Waals surface area contributed by atoms with Gasteiger partial charge in [0, 0.05) is 43.2 Å². The normalized spacial score (nSPS) is 28.2. The van der Waals surface area contributed by atoms with Crippen LogP contribution in [0.1, 0.15) is 55.2 Å². The molecule has 4 aromatic carbocycles. The Morgan fingerprint density at radius 3 is 2.09 bits per heavy atom. The number of carbonyl (C=O) groups excluding carboxylic acids is 4. The Labute approximate surface area is 321 Å². The van der Waals surface area contributed by atoms with Crippen molar-refractivity contribution in [1.29, 1.82) is 0 Å². The maximum absolute atomic E-state index is 14.8. The summed E-state index contributed by atoms with van der Waals surface area (Å²) in [7, 11) is 0. The Hall–Kier alpha value is -5.54. The second-order valence-electron chi connectivity index (χ2n) is 16.0. The number of nitrogens with zero attached hydrogens (tertiary/aromatic N) is 3. The number of likely N-dealkylation sites (tertiary alicyclic amines) is 2. The average molecular weight is 736 g/mol. The Kier molecular flexibility index (Phi) is 8.92. The predicted octanol–water partition coefficient (Wildman–Crippen LogP) is 6.87. The van der Waals surface area contributed by atoms with E-state index in [1.54, 1.807) is 47.4 Å². The topological polar surface area (TPSA) is 107 Å². The SMILES string of the molecule is C[C@@]12C(=O)N(c3ccccc3)C(=O)[C@@H]1C[C@@H]1C(=CC[C@@H]3C(=O)N(C4CCN(Cc5ccccc5)CC4)C(=O)[C@@H]31)[C@@H]2c1ccc(OCc2ccccc2)cc1O. The number of benzene rings is 4. The van der Waals surface area contributed by atoms with Crippen LogP contribution in [-0.4, -0.2) is 57.7 Å². The number of amides is 4. The highest BCUT2D eigenvalue weighted by Crippen LogP contribution is 2.64. The number of aromatic hydroxyl groups is 1. The first-order valence-corrected chi connectivity index (χ1v) is 19.5. The summed E-state index contributed by atoms with van der Waals surface area (Å²) in [4.78, 5) is 63.4. The van der Waals surface area contributed by atoms with E-state index in [2.05, 4.69) is 17.0 Å². The van der Waals surface area contributed by atoms with Crippen LogP contribution in [-0.2, 0) is 32.3 Å². The van der Waals surface area contributed by atoms with E-state index in [9.17, 15) is 24.3 Å². The molecule has 0 radical (unpaired) electrons. The third-order valence-corrected chi connectivity index (χ3v) is 13.1. The highest BCUT2D eigenvalue weighted by atomic mass is 16.5. The van der Waals surface area contributed by atoms with Crippen molar-refractivity contribution in [2.75, 3.05) is 18.0 Å². The Balaban J connectivity index is 1.04. The fourth-order valence-corrected chi connectivity index (χ4v) is 10.3. The third-order valence-electron chi connectivity index (χ3n) is 13.1. The number of phenols is 1. The van der Waals surface area contributed by atoms with Crippen LogP contribution in [0, 0.1) is 29.1 Å². The molecule has 9 nitrogen and oxygen atoms in total. The molecule has 3 aliphatic heterocycles. The number of rotatable bonds is 8. The molecule has 0 unspecified atom stereocenters. The number of carbonyl (C=O) groups is 4. The van der Waals surface area contributed by atoms with Gasteiger partial charge in [0.25, 0.3) is 0 Å². The number of para-hydroxylation sites is 1. The molecule has 3 heterocycles. The van der Waals surface area contributed by atoms with Gasteiger partial charge in [-0.25, -0.2) is 4.90 Å². The van der Waals surface area contributed by atoms with Crippen LogP contribution in [0.15, 0.2) is 121 Å². The molecule has 1 saturated carbocycles. The Bertz CT molecular complexity index is 2170. The molecule has 6 atom stereocenters. The lowest BCUT2D eigenvalue weighted by molar-refractivity contribution is -0.144. The van der Waals surface area contributed by atoms with Crippen molar-refractivity contribution in [2.24, 2.45) is 29.1 Å². The zero-order valence-corrected chi connectivity index (χ0v) is 30.9. The zero-order valence-electron chi connectivity index (χ0n) is 30.9. The lowest BCUT2D eigenvalue weighted by atomic mass is 9.51. The van der Waals surface area contributed by atoms with E-state index in [-0.39, 0.29) is 41.8 Å². The van der Waals surface area contributed by atoms with Gasteiger partial charge in [0.05, 0.1) is 28.9 Å². The van der Waals surface area contributed by atoms with Crippen molar-refractivity contribution >= 4 is 29.3 Å². The molecule has 1 N–H and O–H groups in total. The summed E-state index contributed by atoms with van der Waals surface area (Å²) >= 11 is 0. The van der Waals surface area contributed by atoms with Gasteiger partial charge in [0.2, 0.25) is 23.6 Å². The van der Waals surface area contributed by atoms with Crippen molar-refractivity contribution in [3.8, 4) is 11.5 Å². The Morgan fingerprint density at radius 1 is 0.764 bits per heavy atom. The van der Waals surface area contributed by atoms with E-state index >= 15 is 0 Å². The monoisotopic (exact) mass is 735 g/mol. The van der Waals surface area contributed by atoms with E-state index in [1.165, 1.54) is 10.5 Å². The molecule has 9 heteroatoms. The van der Waals surface area contributed by atoms with Crippen molar-refractivity contribution in [3.05, 3.63) is 138 Å². The highest BCUT2D eigenvalue weighted by Gasteiger charge is 2.68. The number of anilines is 1. The van der Waals surface area contributed by atoms with Gasteiger partial charge in [-0.3, -0.25) is 29.0 Å². The van der Waals surface area contributed by atoms with E-state index in [4.69, 9.17) is 4.74 Å². The molecule has 0 aromatic heterocycles. The lowest BCUT2D eigenvalue weighted by Gasteiger charge is -2.49. The van der Waals surface area contributed by atoms with Gasteiger partial charge in [-0.2, -0.15) is 0 Å². The van der Waals surface area contributed by atoms with Crippen molar-refractivity contribution in [2.45, 2.75) is 57.7 Å². The predicted molar refractivity (Wildman–Crippen MR) is 207 cm³/mol. The number of fused-ring (bicyclic) bond motifs is 4. The summed E-state index contributed by atoms with van der Waals surface area (Å²) in [6.45, 7) is 4.56. The summed E-state index contributed by atoms with van der Waals surface area (Å²) < 4.78 is 6.04. The molecule has 5 aliphatic rings. The summed E-state index contributed by atoms with van der Waals surface area (Å²) in [6.07, 6.45) is 4.10. The summed E-state index contributed by atoms with van der Waals surface area (Å²) in [6, 6.07) is 34.0. The number of hydrogen-bond donors (Lipinski definition) is 1. The molecular formula is C46H45N3O6. The van der Waals surface area contributed by atoms with Gasteiger partial charge in [-0.1, -0.05) is 96.6 Å². The van der Waals surface area contributed by atoms with Gasteiger partial charge in [0.1, 0.15) is 18.1 Å². The first-order valence-electron chi connectivity index (χ1n) is 19.5. The molecule has 4 fully saturated rings. The zero-order chi connectivity index (χ0) is 37.8. The van der Waals surface area contributed by atoms with Crippen molar-refractivity contribution < 1.29 is 29.0 Å². The van der Waals surface area contributed by atoms with Gasteiger partial charge in [-0.15, -0.1) is 0 Å². The molecule has 280 valence electrons. The number of piperidine rings is 1. The minimum Gasteiger partial charge on any atom is -0.508 e. The van der Waals surface area contributed by atoms with Crippen LogP contribution < -0.4 is 9.64 Å². The van der Waals surface area contributed by atoms with Crippen LogP contribution in [0.5, 0.6) is 11.5 Å². The second-order valence-corrected chi connectivity index (χ2v) is 16.0. The molecule has 4 aromatic rings. The molecule has 2 aliphatic carbocycles. The van der Waals surface area contributed by atoms with Gasteiger partial charge in [0.15, 0.2) is 0 Å². The molecular weight excluding hydrogens is 691 g/mol. The van der Waals surface area contributed by atoms with Crippen molar-refractivity contribution in [1.82, 2.24) is 9.80 Å². The van der Waals surface area contributed by atoms with Crippen LogP contribution in [0.25, 0.3) is 0 Å². The van der Waals surface area contributed by atoms with Crippen LogP contribution in [0.4, 0.5) is 5.69 Å². The van der Waals surface area contributed by atoms with Gasteiger partial charge < -0.3 is 9.84 Å². The molecule has 55 heavy (non-hydrogen) atoms. The molecule has 4 amide bonds. The first kappa shape index (κ1) is 35.2. The van der Waals surface area contributed by atoms with Crippen LogP contribution >= 0.6 is 0 Å². The highest BCUT2D eigenvalue weighted by molar-refractivity contribution is 6.24. The maximum Gasteiger partial charge on any atom is 0.241 e. The number of hydrogen-bond acceptors (Lipinski definition) is 7. The fourth-order valence-electron chi connectivity index (χ4n) is 10.3. The van der Waals surface area contributed by atoms with E-state index in [0.29, 0.717) is 42.9 Å². The van der Waals surface area contributed by atoms with Crippen LogP contribution in [0.2, 0.25) is 0 Å². The van der Waals surface area contributed by atoms with Crippen LogP contribution in [0.3, 0.4) is 0 Å². The smallest absolute Gasteiger partial charge is 0.241 e. The standard InChI is InChI=1S/C46H45N3O6/c1-46-38(43(52)49(45(46)54)31-15-9-4-10-16-31)26-37-34(41(46)35-18-17-33(25-39(35)50)55-28-30-13-7-3-8-14-30)19-20-36-40(37)44(53)48(42(36)51)32-21-23-47(24-22-32)27-29-11-5-2-6-12-29/h2-19,25,32,36-38,40-41,50H,20-24,26-28H2,1H3/t36-,37+,38-,40-,41+,46+/m0/s1. The third kappa shape index (κ3) is 5.87. The molecule has 0 spiro atoms. The van der Waals surface area contributed by atoms with Gasteiger partial charge in [-0.05, 0) is 67.9 Å². The first-order chi connectivity index (χ1) is 26.7. The summed E-state index contributed by atoms with van der Waals surface area (Å²) in [5, 5.41) is 11.8. The lowest BCUT2D eigenvalue weighted by Crippen LogP contribution is -2.49. The number of imide groups is 2. The summed E-state index contributed by atoms with van der Waals surface area (Å²) in [5.74, 6) is -3.58. The molecule has 0 bridgehead atoms. The quantitative estimate of drug-likeness (QED) is 0.156.